The fourth-order valence-electron chi connectivity index (χ4n) is 4.39. The molecule has 0 radical (unpaired) electrons. The minimum Gasteiger partial charge on any atom is -0.379 e. The molecule has 0 spiro atoms. The number of hydrogen-bond acceptors (Lipinski definition) is 4. The number of rotatable bonds is 4. The van der Waals surface area contributed by atoms with Crippen LogP contribution in [0.15, 0.2) is 24.4 Å². The number of nitrogens with zero attached hydrogens (tertiary/aromatic N) is 1. The number of aromatic nitrogens is 1. The number of carbonyl (C=O) groups excluding carboxylic acids is 2. The first-order valence-corrected chi connectivity index (χ1v) is 9.78. The summed E-state index contributed by atoms with van der Waals surface area (Å²) in [5.41, 5.74) is 10.5. The molecule has 148 valence electrons. The molecule has 1 amide bonds. The summed E-state index contributed by atoms with van der Waals surface area (Å²) in [5.74, 6) is -0.257. The monoisotopic (exact) mass is 381 g/mol. The summed E-state index contributed by atoms with van der Waals surface area (Å²) >= 11 is 0. The van der Waals surface area contributed by atoms with Crippen LogP contribution < -0.4 is 11.1 Å². The fraction of sp³-hybridized carbons (Fsp3) is 0.455. The molecule has 1 aliphatic carbocycles. The van der Waals surface area contributed by atoms with Gasteiger partial charge in [-0.1, -0.05) is 13.8 Å². The molecule has 1 saturated heterocycles. The number of ether oxygens (including phenoxy) is 1. The molecule has 2 aromatic rings. The van der Waals surface area contributed by atoms with E-state index in [4.69, 9.17) is 10.5 Å². The summed E-state index contributed by atoms with van der Waals surface area (Å²) in [7, 11) is 0. The molecule has 1 aliphatic heterocycles. The first kappa shape index (κ1) is 18.7. The van der Waals surface area contributed by atoms with Gasteiger partial charge in [0, 0.05) is 41.9 Å². The fourth-order valence-corrected chi connectivity index (χ4v) is 4.39. The van der Waals surface area contributed by atoms with Gasteiger partial charge in [0.25, 0.3) is 5.91 Å². The number of nitrogens with two attached hydrogens (primary N) is 1. The van der Waals surface area contributed by atoms with Crippen LogP contribution in [0.2, 0.25) is 0 Å². The number of ketones is 1. The van der Waals surface area contributed by atoms with Crippen molar-refractivity contribution in [1.29, 1.82) is 0 Å². The lowest BCUT2D eigenvalue weighted by Gasteiger charge is -2.30. The maximum Gasteiger partial charge on any atom is 0.250 e. The third-order valence-corrected chi connectivity index (χ3v) is 5.70. The zero-order valence-corrected chi connectivity index (χ0v) is 16.7. The Morgan fingerprint density at radius 1 is 1.32 bits per heavy atom. The third kappa shape index (κ3) is 3.33. The summed E-state index contributed by atoms with van der Waals surface area (Å²) in [6.45, 7) is 7.57. The lowest BCUT2D eigenvalue weighted by atomic mass is 9.75. The Labute approximate surface area is 165 Å². The highest BCUT2D eigenvalue weighted by molar-refractivity contribution is 6.01. The van der Waals surface area contributed by atoms with E-state index in [2.05, 4.69) is 23.7 Å². The number of hydrogen-bond donors (Lipinski definition) is 2. The molecule has 3 N–H and O–H groups in total. The molecule has 4 rings (SSSR count). The normalized spacial score (nSPS) is 20.8. The highest BCUT2D eigenvalue weighted by atomic mass is 16.5. The van der Waals surface area contributed by atoms with Gasteiger partial charge in [-0.3, -0.25) is 9.59 Å². The second-order valence-electron chi connectivity index (χ2n) is 8.74. The van der Waals surface area contributed by atoms with Gasteiger partial charge in [0.2, 0.25) is 0 Å². The number of primary amides is 1. The Hall–Kier alpha value is -2.60. The number of nitrogens with one attached hydrogen (secondary N) is 1. The van der Waals surface area contributed by atoms with E-state index in [1.165, 1.54) is 0 Å². The zero-order valence-electron chi connectivity index (χ0n) is 16.7. The highest BCUT2D eigenvalue weighted by Gasteiger charge is 2.34. The van der Waals surface area contributed by atoms with Crippen molar-refractivity contribution in [3.63, 3.8) is 0 Å². The minimum absolute atomic E-state index is 0.0674. The molecular formula is C22H27N3O3. The number of anilines is 1. The van der Waals surface area contributed by atoms with E-state index in [1.54, 1.807) is 6.07 Å². The molecule has 0 bridgehead atoms. The van der Waals surface area contributed by atoms with Crippen LogP contribution in [0.1, 0.15) is 58.7 Å². The summed E-state index contributed by atoms with van der Waals surface area (Å²) in [5, 5.41) is 3.41. The highest BCUT2D eigenvalue weighted by Crippen LogP contribution is 2.38. The van der Waals surface area contributed by atoms with Gasteiger partial charge in [0.15, 0.2) is 5.78 Å². The second-order valence-corrected chi connectivity index (χ2v) is 8.74. The van der Waals surface area contributed by atoms with E-state index in [-0.39, 0.29) is 17.2 Å². The molecule has 1 aromatic carbocycles. The number of benzene rings is 1. The Bertz CT molecular complexity index is 952. The zero-order chi connectivity index (χ0) is 20.1. The SMILES string of the molecule is Cc1cn(-c2ccc(C(N)=O)c(N[C@H]3CCOC3)c2)c2c1C(=O)CC(C)(C)C2. The van der Waals surface area contributed by atoms with Gasteiger partial charge in [0.1, 0.15) is 0 Å². The van der Waals surface area contributed by atoms with Gasteiger partial charge >= 0.3 is 0 Å². The molecule has 28 heavy (non-hydrogen) atoms. The van der Waals surface area contributed by atoms with Crippen molar-refractivity contribution in [2.24, 2.45) is 11.1 Å². The lowest BCUT2D eigenvalue weighted by Crippen LogP contribution is -2.28. The van der Waals surface area contributed by atoms with Crippen LogP contribution in [-0.4, -0.2) is 35.5 Å². The van der Waals surface area contributed by atoms with E-state index in [0.717, 1.165) is 35.3 Å². The molecular weight excluding hydrogens is 354 g/mol. The largest absolute Gasteiger partial charge is 0.379 e. The van der Waals surface area contributed by atoms with Crippen molar-refractivity contribution in [2.45, 2.75) is 46.1 Å². The van der Waals surface area contributed by atoms with Crippen molar-refractivity contribution in [3.8, 4) is 5.69 Å². The van der Waals surface area contributed by atoms with Gasteiger partial charge in [-0.15, -0.1) is 0 Å². The van der Waals surface area contributed by atoms with Crippen molar-refractivity contribution >= 4 is 17.4 Å². The van der Waals surface area contributed by atoms with Crippen LogP contribution in [-0.2, 0) is 11.2 Å². The smallest absolute Gasteiger partial charge is 0.250 e. The van der Waals surface area contributed by atoms with Crippen molar-refractivity contribution < 1.29 is 14.3 Å². The van der Waals surface area contributed by atoms with Gasteiger partial charge in [-0.05, 0) is 48.9 Å². The molecule has 2 aliphatic rings. The topological polar surface area (TPSA) is 86.3 Å². The van der Waals surface area contributed by atoms with Gasteiger partial charge in [0.05, 0.1) is 18.2 Å². The molecule has 0 unspecified atom stereocenters. The molecule has 1 aromatic heterocycles. The standard InChI is InChI=1S/C22H27N3O3/c1-13-11-25(18-9-22(2,3)10-19(26)20(13)18)15-4-5-16(21(23)27)17(8-15)24-14-6-7-28-12-14/h4-5,8,11,14,24H,6-7,9-10,12H2,1-3H3,(H2,23,27)/t14-/m0/s1. The van der Waals surface area contributed by atoms with Crippen LogP contribution in [0.25, 0.3) is 5.69 Å². The maximum absolute atomic E-state index is 12.7. The Kier molecular flexibility index (Phi) is 4.54. The molecule has 6 heteroatoms. The van der Waals surface area contributed by atoms with Crippen LogP contribution in [0.5, 0.6) is 0 Å². The number of Topliss-reactive ketones (excluding diaryl/α,β-unsaturated/α-hetero) is 1. The van der Waals surface area contributed by atoms with Crippen molar-refractivity contribution in [2.75, 3.05) is 18.5 Å². The molecule has 6 nitrogen and oxygen atoms in total. The van der Waals surface area contributed by atoms with E-state index >= 15 is 0 Å². The summed E-state index contributed by atoms with van der Waals surface area (Å²) in [6.07, 6.45) is 4.31. The molecule has 2 heterocycles. The lowest BCUT2D eigenvalue weighted by molar-refractivity contribution is 0.0909. The summed E-state index contributed by atoms with van der Waals surface area (Å²) < 4.78 is 7.52. The van der Waals surface area contributed by atoms with Gasteiger partial charge < -0.3 is 20.4 Å². The maximum atomic E-state index is 12.7. The number of fused-ring (bicyclic) bond motifs is 1. The first-order valence-electron chi connectivity index (χ1n) is 9.78. The second kappa shape index (κ2) is 6.78. The molecule has 1 atom stereocenters. The Balaban J connectivity index is 1.79. The van der Waals surface area contributed by atoms with Crippen molar-refractivity contribution in [3.05, 3.63) is 46.8 Å². The first-order chi connectivity index (χ1) is 13.2. The minimum atomic E-state index is -0.463. The van der Waals surface area contributed by atoms with Gasteiger partial charge in [-0.25, -0.2) is 0 Å². The number of aryl methyl sites for hydroxylation is 1. The van der Waals surface area contributed by atoms with Crippen LogP contribution in [0.4, 0.5) is 5.69 Å². The Morgan fingerprint density at radius 3 is 2.79 bits per heavy atom. The number of carbonyl (C=O) groups is 2. The predicted molar refractivity (Wildman–Crippen MR) is 108 cm³/mol. The van der Waals surface area contributed by atoms with E-state index in [1.807, 2.05) is 25.3 Å². The Morgan fingerprint density at radius 2 is 2.11 bits per heavy atom. The quantitative estimate of drug-likeness (QED) is 0.851. The van der Waals surface area contributed by atoms with Crippen LogP contribution in [0, 0.1) is 12.3 Å². The molecule has 0 saturated carbocycles. The van der Waals surface area contributed by atoms with E-state index in [0.29, 0.717) is 30.9 Å². The van der Waals surface area contributed by atoms with Crippen molar-refractivity contribution in [1.82, 2.24) is 4.57 Å². The molecule has 1 fully saturated rings. The van der Waals surface area contributed by atoms with E-state index in [9.17, 15) is 9.59 Å². The average molecular weight is 381 g/mol. The van der Waals surface area contributed by atoms with Crippen LogP contribution in [0.3, 0.4) is 0 Å². The summed E-state index contributed by atoms with van der Waals surface area (Å²) in [6, 6.07) is 5.76. The van der Waals surface area contributed by atoms with E-state index < -0.39 is 5.91 Å². The summed E-state index contributed by atoms with van der Waals surface area (Å²) in [4.78, 5) is 24.6. The number of amides is 1. The van der Waals surface area contributed by atoms with Gasteiger partial charge in [-0.2, -0.15) is 0 Å². The predicted octanol–water partition coefficient (Wildman–Crippen LogP) is 3.24. The average Bonchev–Trinajstić information content (AvgIpc) is 3.21. The third-order valence-electron chi connectivity index (χ3n) is 5.70. The van der Waals surface area contributed by atoms with Crippen LogP contribution >= 0.6 is 0 Å².